The van der Waals surface area contributed by atoms with Gasteiger partial charge in [0.2, 0.25) is 5.88 Å². The summed E-state index contributed by atoms with van der Waals surface area (Å²) in [7, 11) is 1.62. The summed E-state index contributed by atoms with van der Waals surface area (Å²) >= 11 is 0. The third-order valence-corrected chi connectivity index (χ3v) is 5.87. The van der Waals surface area contributed by atoms with Crippen molar-refractivity contribution in [3.8, 4) is 23.1 Å². The summed E-state index contributed by atoms with van der Waals surface area (Å²) in [6, 6.07) is 14.8. The molecule has 5 rings (SSSR count). The Balaban J connectivity index is 1.34. The summed E-state index contributed by atoms with van der Waals surface area (Å²) in [5.74, 6) is 1.88. The van der Waals surface area contributed by atoms with Crippen LogP contribution in [0.2, 0.25) is 0 Å². The molecule has 0 unspecified atom stereocenters. The molecular weight excluding hydrogens is 432 g/mol. The molecule has 2 aromatic heterocycles. The van der Waals surface area contributed by atoms with Crippen molar-refractivity contribution in [3.05, 3.63) is 84.8 Å². The van der Waals surface area contributed by atoms with Crippen molar-refractivity contribution >= 4 is 5.91 Å². The van der Waals surface area contributed by atoms with Gasteiger partial charge < -0.3 is 14.4 Å². The Kier molecular flexibility index (Phi) is 6.15. The normalized spacial score (nSPS) is 15.7. The minimum Gasteiger partial charge on any atom is -0.497 e. The molecular formula is C25H24N6O3. The summed E-state index contributed by atoms with van der Waals surface area (Å²) in [5.41, 5.74) is 2.23. The number of ether oxygens (including phenoxy) is 2. The van der Waals surface area contributed by atoms with Crippen LogP contribution in [-0.2, 0) is 0 Å². The largest absolute Gasteiger partial charge is 0.497 e. The molecule has 34 heavy (non-hydrogen) atoms. The Morgan fingerprint density at radius 3 is 2.56 bits per heavy atom. The second kappa shape index (κ2) is 9.70. The zero-order valence-corrected chi connectivity index (χ0v) is 18.7. The minimum absolute atomic E-state index is 0.0128. The van der Waals surface area contributed by atoms with Gasteiger partial charge in [0, 0.05) is 42.7 Å². The number of hydrogen-bond acceptors (Lipinski definition) is 7. The quantitative estimate of drug-likeness (QED) is 0.434. The summed E-state index contributed by atoms with van der Waals surface area (Å²) in [6.07, 6.45) is 8.28. The number of nitrogens with zero attached hydrogens (tertiary/aromatic N) is 6. The predicted molar refractivity (Wildman–Crippen MR) is 124 cm³/mol. The Bertz CT molecular complexity index is 1260. The number of rotatable bonds is 6. The first-order chi connectivity index (χ1) is 16.7. The molecule has 9 heteroatoms. The molecule has 172 valence electrons. The Hall–Kier alpha value is -4.27. The van der Waals surface area contributed by atoms with E-state index in [9.17, 15) is 4.79 Å². The molecule has 1 aliphatic heterocycles. The maximum Gasteiger partial charge on any atom is 0.253 e. The summed E-state index contributed by atoms with van der Waals surface area (Å²) in [4.78, 5) is 24.2. The van der Waals surface area contributed by atoms with Crippen LogP contribution < -0.4 is 9.47 Å². The molecule has 0 saturated carbocycles. The van der Waals surface area contributed by atoms with Crippen LogP contribution in [-0.4, -0.2) is 55.7 Å². The fourth-order valence-corrected chi connectivity index (χ4v) is 4.15. The van der Waals surface area contributed by atoms with Crippen LogP contribution in [0.4, 0.5) is 0 Å². The Morgan fingerprint density at radius 2 is 1.76 bits per heavy atom. The van der Waals surface area contributed by atoms with Crippen LogP contribution in [0.5, 0.6) is 17.4 Å². The molecule has 3 heterocycles. The molecule has 0 spiro atoms. The first kappa shape index (κ1) is 21.6. The zero-order valence-electron chi connectivity index (χ0n) is 18.7. The number of methoxy groups -OCH3 is 1. The topological polar surface area (TPSA) is 95.3 Å². The zero-order chi connectivity index (χ0) is 23.3. The molecule has 1 amide bonds. The highest BCUT2D eigenvalue weighted by Crippen LogP contribution is 2.33. The van der Waals surface area contributed by atoms with Gasteiger partial charge in [-0.2, -0.15) is 0 Å². The lowest BCUT2D eigenvalue weighted by molar-refractivity contribution is 0.0704. The van der Waals surface area contributed by atoms with Gasteiger partial charge in [-0.1, -0.05) is 6.07 Å². The van der Waals surface area contributed by atoms with Gasteiger partial charge >= 0.3 is 0 Å². The van der Waals surface area contributed by atoms with Gasteiger partial charge in [-0.25, -0.2) is 4.98 Å². The average molecular weight is 457 g/mol. The molecule has 2 aromatic carbocycles. The fraction of sp³-hybridized carbons (Fsp3) is 0.240. The van der Waals surface area contributed by atoms with Crippen LogP contribution in [0.15, 0.2) is 73.6 Å². The molecule has 0 bridgehead atoms. The predicted octanol–water partition coefficient (Wildman–Crippen LogP) is 3.88. The van der Waals surface area contributed by atoms with Crippen molar-refractivity contribution in [1.82, 2.24) is 29.6 Å². The molecule has 0 radical (unpaired) electrons. The van der Waals surface area contributed by atoms with E-state index in [4.69, 9.17) is 9.47 Å². The molecule has 0 aliphatic carbocycles. The smallest absolute Gasteiger partial charge is 0.253 e. The lowest BCUT2D eigenvalue weighted by atomic mass is 9.94. The maximum atomic E-state index is 13.3. The second-order valence-corrected chi connectivity index (χ2v) is 8.03. The first-order valence-corrected chi connectivity index (χ1v) is 11.1. The second-order valence-electron chi connectivity index (χ2n) is 8.03. The highest BCUT2D eigenvalue weighted by Gasteiger charge is 2.29. The monoisotopic (exact) mass is 456 g/mol. The van der Waals surface area contributed by atoms with E-state index < -0.39 is 0 Å². The van der Waals surface area contributed by atoms with Crippen LogP contribution in [0, 0.1) is 0 Å². The molecule has 1 saturated heterocycles. The van der Waals surface area contributed by atoms with Crippen LogP contribution in [0.3, 0.4) is 0 Å². The lowest BCUT2D eigenvalue weighted by Crippen LogP contribution is -2.39. The van der Waals surface area contributed by atoms with Crippen molar-refractivity contribution in [1.29, 1.82) is 0 Å². The SMILES string of the molecule is COc1ccc(Oc2nccnc2[C@@H]2CCCN(C(=O)c3cccc(-n4cnnc4)c3)C2)cc1. The number of hydrogen-bond donors (Lipinski definition) is 0. The highest BCUT2D eigenvalue weighted by molar-refractivity contribution is 5.94. The maximum absolute atomic E-state index is 13.3. The van der Waals surface area contributed by atoms with Crippen LogP contribution >= 0.6 is 0 Å². The van der Waals surface area contributed by atoms with E-state index in [0.29, 0.717) is 30.3 Å². The third kappa shape index (κ3) is 4.59. The van der Waals surface area contributed by atoms with Crippen molar-refractivity contribution in [2.24, 2.45) is 0 Å². The van der Waals surface area contributed by atoms with E-state index in [1.807, 2.05) is 53.4 Å². The summed E-state index contributed by atoms with van der Waals surface area (Å²) in [5, 5.41) is 7.68. The van der Waals surface area contributed by atoms with E-state index in [2.05, 4.69) is 20.2 Å². The van der Waals surface area contributed by atoms with Crippen molar-refractivity contribution in [3.63, 3.8) is 0 Å². The Morgan fingerprint density at radius 1 is 1.00 bits per heavy atom. The number of aromatic nitrogens is 5. The standard InChI is InChI=1S/C25H24N6O3/c1-33-21-7-9-22(10-8-21)34-24-23(26-11-12-27-24)19-5-3-13-30(15-19)25(32)18-4-2-6-20(14-18)31-16-28-29-17-31/h2,4,6-12,14,16-17,19H,3,5,13,15H2,1H3/t19-/m1/s1. The number of benzene rings is 2. The van der Waals surface area contributed by atoms with E-state index in [1.165, 1.54) is 0 Å². The summed E-state index contributed by atoms with van der Waals surface area (Å²) < 4.78 is 13.0. The summed E-state index contributed by atoms with van der Waals surface area (Å²) in [6.45, 7) is 1.24. The number of carbonyl (C=O) groups excluding carboxylic acids is 1. The molecule has 1 aliphatic rings. The van der Waals surface area contributed by atoms with E-state index >= 15 is 0 Å². The molecule has 4 aromatic rings. The van der Waals surface area contributed by atoms with Crippen molar-refractivity contribution in [2.45, 2.75) is 18.8 Å². The van der Waals surface area contributed by atoms with Gasteiger partial charge in [0.05, 0.1) is 7.11 Å². The van der Waals surface area contributed by atoms with Crippen molar-refractivity contribution in [2.75, 3.05) is 20.2 Å². The number of likely N-dealkylation sites (tertiary alicyclic amines) is 1. The van der Waals surface area contributed by atoms with E-state index in [-0.39, 0.29) is 11.8 Å². The number of amides is 1. The van der Waals surface area contributed by atoms with Gasteiger partial charge in [-0.05, 0) is 55.3 Å². The Labute approximate surface area is 197 Å². The fourth-order valence-electron chi connectivity index (χ4n) is 4.15. The van der Waals surface area contributed by atoms with E-state index in [0.717, 1.165) is 30.0 Å². The van der Waals surface area contributed by atoms with Crippen molar-refractivity contribution < 1.29 is 14.3 Å². The molecule has 9 nitrogen and oxygen atoms in total. The van der Waals surface area contributed by atoms with Gasteiger partial charge in [0.25, 0.3) is 5.91 Å². The molecule has 1 atom stereocenters. The number of carbonyl (C=O) groups is 1. The lowest BCUT2D eigenvalue weighted by Gasteiger charge is -2.33. The van der Waals surface area contributed by atoms with Crippen LogP contribution in [0.25, 0.3) is 5.69 Å². The molecule has 0 N–H and O–H groups in total. The molecule has 1 fully saturated rings. The van der Waals surface area contributed by atoms with Gasteiger partial charge in [0.15, 0.2) is 0 Å². The highest BCUT2D eigenvalue weighted by atomic mass is 16.5. The number of piperidine rings is 1. The first-order valence-electron chi connectivity index (χ1n) is 11.1. The van der Waals surface area contributed by atoms with Gasteiger partial charge in [-0.15, -0.1) is 10.2 Å². The van der Waals surface area contributed by atoms with Gasteiger partial charge in [0.1, 0.15) is 29.8 Å². The third-order valence-electron chi connectivity index (χ3n) is 5.87. The van der Waals surface area contributed by atoms with Crippen LogP contribution in [0.1, 0.15) is 34.8 Å². The van der Waals surface area contributed by atoms with E-state index in [1.54, 1.807) is 36.7 Å². The minimum atomic E-state index is -0.0128. The van der Waals surface area contributed by atoms with Gasteiger partial charge in [-0.3, -0.25) is 14.3 Å². The average Bonchev–Trinajstić information content (AvgIpc) is 3.44.